The zero-order chi connectivity index (χ0) is 20.7. The van der Waals surface area contributed by atoms with E-state index in [1.54, 1.807) is 6.07 Å². The highest BCUT2D eigenvalue weighted by molar-refractivity contribution is 6.08. The van der Waals surface area contributed by atoms with Gasteiger partial charge >= 0.3 is 0 Å². The molecule has 1 N–H and O–H groups in total. The lowest BCUT2D eigenvalue weighted by Crippen LogP contribution is -2.40. The largest absolute Gasteiger partial charge is 0.388 e. The van der Waals surface area contributed by atoms with Gasteiger partial charge in [0.15, 0.2) is 0 Å². The molecule has 0 bridgehead atoms. The van der Waals surface area contributed by atoms with E-state index in [4.69, 9.17) is 4.74 Å². The lowest BCUT2D eigenvalue weighted by molar-refractivity contribution is -0.0858. The van der Waals surface area contributed by atoms with Gasteiger partial charge in [0.25, 0.3) is 0 Å². The number of ether oxygens (including phenoxy) is 1. The minimum absolute atomic E-state index is 0.104. The van der Waals surface area contributed by atoms with Gasteiger partial charge in [-0.3, -0.25) is 0 Å². The predicted octanol–water partition coefficient (Wildman–Crippen LogP) is 5.91. The van der Waals surface area contributed by atoms with Crippen LogP contribution in [0.5, 0.6) is 0 Å². The third-order valence-electron chi connectivity index (χ3n) is 6.32. The molecular weight excluding hydrogens is 377 g/mol. The van der Waals surface area contributed by atoms with Gasteiger partial charge in [0.1, 0.15) is 11.9 Å². The van der Waals surface area contributed by atoms with Crippen molar-refractivity contribution in [1.82, 2.24) is 4.57 Å². The number of aliphatic hydroxyl groups excluding tert-OH is 1. The number of aliphatic hydroxyl groups is 1. The van der Waals surface area contributed by atoms with Gasteiger partial charge in [-0.05, 0) is 62.1 Å². The third-order valence-corrected chi connectivity index (χ3v) is 6.32. The number of halogens is 1. The van der Waals surface area contributed by atoms with E-state index in [-0.39, 0.29) is 18.0 Å². The van der Waals surface area contributed by atoms with Crippen LogP contribution in [0.2, 0.25) is 0 Å². The fraction of sp³-hybridized carbons (Fsp3) is 0.308. The summed E-state index contributed by atoms with van der Waals surface area (Å²) in [5.41, 5.74) is 4.24. The third kappa shape index (κ3) is 3.40. The second-order valence-corrected chi connectivity index (χ2v) is 8.38. The number of hydrogen-bond donors (Lipinski definition) is 1. The van der Waals surface area contributed by atoms with E-state index in [0.29, 0.717) is 6.61 Å². The van der Waals surface area contributed by atoms with Crippen molar-refractivity contribution in [2.45, 2.75) is 51.0 Å². The van der Waals surface area contributed by atoms with Gasteiger partial charge in [0.2, 0.25) is 0 Å². The van der Waals surface area contributed by atoms with Crippen molar-refractivity contribution in [3.8, 4) is 0 Å². The Morgan fingerprint density at radius 1 is 0.967 bits per heavy atom. The molecule has 0 amide bonds. The molecule has 1 fully saturated rings. The number of rotatable bonds is 4. The highest BCUT2D eigenvalue weighted by Crippen LogP contribution is 2.39. The Hall–Kier alpha value is -2.69. The van der Waals surface area contributed by atoms with E-state index < -0.39 is 6.10 Å². The van der Waals surface area contributed by atoms with Crippen LogP contribution in [0, 0.1) is 12.7 Å². The van der Waals surface area contributed by atoms with Crippen molar-refractivity contribution in [3.63, 3.8) is 0 Å². The Bertz CT molecular complexity index is 1120. The predicted molar refractivity (Wildman–Crippen MR) is 118 cm³/mol. The summed E-state index contributed by atoms with van der Waals surface area (Å²) in [4.78, 5) is 0. The smallest absolute Gasteiger partial charge is 0.123 e. The van der Waals surface area contributed by atoms with Crippen molar-refractivity contribution in [1.29, 1.82) is 0 Å². The van der Waals surface area contributed by atoms with E-state index in [1.165, 1.54) is 6.07 Å². The average Bonchev–Trinajstić information content (AvgIpc) is 3.06. The highest BCUT2D eigenvalue weighted by Gasteiger charge is 2.35. The minimum Gasteiger partial charge on any atom is -0.388 e. The van der Waals surface area contributed by atoms with Gasteiger partial charge in [-0.2, -0.15) is 0 Å². The molecule has 1 aliphatic carbocycles. The second kappa shape index (κ2) is 7.86. The standard InChI is InChI=1S/C26H26FNO2/c1-17-10-12-22-20(14-17)21-15-19(27)11-13-23(21)28(22)24-8-5-9-25(26(24)29)30-16-18-6-3-2-4-7-18/h2-4,6-7,10-15,24-26,29H,5,8-9,16H2,1H3/t24-,25-,26+/m1/s1. The molecule has 1 heterocycles. The summed E-state index contributed by atoms with van der Waals surface area (Å²) in [6, 6.07) is 21.2. The van der Waals surface area contributed by atoms with Crippen LogP contribution in [0.25, 0.3) is 21.8 Å². The van der Waals surface area contributed by atoms with Crippen LogP contribution in [0.15, 0.2) is 66.7 Å². The molecule has 1 aromatic heterocycles. The molecule has 3 nitrogen and oxygen atoms in total. The van der Waals surface area contributed by atoms with E-state index in [2.05, 4.69) is 22.8 Å². The Morgan fingerprint density at radius 3 is 2.50 bits per heavy atom. The van der Waals surface area contributed by atoms with Crippen molar-refractivity contribution >= 4 is 21.8 Å². The monoisotopic (exact) mass is 403 g/mol. The summed E-state index contributed by atoms with van der Waals surface area (Å²) in [6.07, 6.45) is 1.86. The molecular formula is C26H26FNO2. The van der Waals surface area contributed by atoms with Crippen LogP contribution in [-0.4, -0.2) is 21.9 Å². The van der Waals surface area contributed by atoms with Gasteiger partial charge in [-0.1, -0.05) is 42.0 Å². The van der Waals surface area contributed by atoms with E-state index in [9.17, 15) is 9.50 Å². The van der Waals surface area contributed by atoms with Crippen molar-refractivity contribution in [3.05, 3.63) is 83.7 Å². The molecule has 5 rings (SSSR count). The summed E-state index contributed by atoms with van der Waals surface area (Å²) < 4.78 is 22.4. The first-order chi connectivity index (χ1) is 14.6. The van der Waals surface area contributed by atoms with Crippen LogP contribution in [0.1, 0.15) is 36.4 Å². The molecule has 0 saturated heterocycles. The molecule has 0 spiro atoms. The van der Waals surface area contributed by atoms with Crippen molar-refractivity contribution < 1.29 is 14.2 Å². The first-order valence-electron chi connectivity index (χ1n) is 10.7. The molecule has 30 heavy (non-hydrogen) atoms. The zero-order valence-corrected chi connectivity index (χ0v) is 17.1. The molecule has 1 saturated carbocycles. The average molecular weight is 403 g/mol. The molecule has 3 atom stereocenters. The van der Waals surface area contributed by atoms with Crippen LogP contribution < -0.4 is 0 Å². The summed E-state index contributed by atoms with van der Waals surface area (Å²) in [5.74, 6) is -0.240. The first-order valence-corrected chi connectivity index (χ1v) is 10.7. The van der Waals surface area contributed by atoms with Gasteiger partial charge in [0, 0.05) is 21.8 Å². The second-order valence-electron chi connectivity index (χ2n) is 8.38. The van der Waals surface area contributed by atoms with E-state index >= 15 is 0 Å². The summed E-state index contributed by atoms with van der Waals surface area (Å²) in [7, 11) is 0. The number of hydrogen-bond acceptors (Lipinski definition) is 2. The van der Waals surface area contributed by atoms with Gasteiger partial charge in [-0.25, -0.2) is 4.39 Å². The summed E-state index contributed by atoms with van der Waals surface area (Å²) in [5, 5.41) is 13.2. The first kappa shape index (κ1) is 19.3. The Morgan fingerprint density at radius 2 is 1.70 bits per heavy atom. The number of aryl methyl sites for hydroxylation is 1. The topological polar surface area (TPSA) is 34.4 Å². The van der Waals surface area contributed by atoms with Crippen LogP contribution >= 0.6 is 0 Å². The molecule has 4 heteroatoms. The summed E-state index contributed by atoms with van der Waals surface area (Å²) >= 11 is 0. The van der Waals surface area contributed by atoms with Crippen LogP contribution in [0.3, 0.4) is 0 Å². The lowest BCUT2D eigenvalue weighted by Gasteiger charge is -2.36. The molecule has 0 unspecified atom stereocenters. The fourth-order valence-electron chi connectivity index (χ4n) is 4.86. The maximum Gasteiger partial charge on any atom is 0.123 e. The Balaban J connectivity index is 1.52. The molecule has 4 aromatic rings. The quantitative estimate of drug-likeness (QED) is 0.459. The molecule has 3 aromatic carbocycles. The molecule has 0 radical (unpaired) electrons. The Kier molecular flexibility index (Phi) is 5.05. The van der Waals surface area contributed by atoms with Gasteiger partial charge < -0.3 is 14.4 Å². The maximum absolute atomic E-state index is 14.0. The molecule has 0 aliphatic heterocycles. The van der Waals surface area contributed by atoms with E-state index in [1.807, 2.05) is 43.3 Å². The zero-order valence-electron chi connectivity index (χ0n) is 17.1. The normalized spacial score (nSPS) is 22.0. The Labute approximate surface area is 175 Å². The summed E-state index contributed by atoms with van der Waals surface area (Å²) in [6.45, 7) is 2.54. The van der Waals surface area contributed by atoms with Crippen molar-refractivity contribution in [2.75, 3.05) is 0 Å². The lowest BCUT2D eigenvalue weighted by atomic mass is 9.89. The number of aromatic nitrogens is 1. The molecule has 154 valence electrons. The van der Waals surface area contributed by atoms with Crippen LogP contribution in [0.4, 0.5) is 4.39 Å². The van der Waals surface area contributed by atoms with Gasteiger partial charge in [-0.15, -0.1) is 0 Å². The SMILES string of the molecule is Cc1ccc2c(c1)c1cc(F)ccc1n2[C@@H]1CCC[C@@H](OCc2ccccc2)[C@H]1O. The number of fused-ring (bicyclic) bond motifs is 3. The van der Waals surface area contributed by atoms with Crippen molar-refractivity contribution in [2.24, 2.45) is 0 Å². The highest BCUT2D eigenvalue weighted by atomic mass is 19.1. The number of benzene rings is 3. The minimum atomic E-state index is -0.618. The van der Waals surface area contributed by atoms with Crippen LogP contribution in [-0.2, 0) is 11.3 Å². The fourth-order valence-corrected chi connectivity index (χ4v) is 4.86. The van der Waals surface area contributed by atoms with E-state index in [0.717, 1.165) is 52.2 Å². The molecule has 1 aliphatic rings. The number of nitrogens with zero attached hydrogens (tertiary/aromatic N) is 1. The van der Waals surface area contributed by atoms with Gasteiger partial charge in [0.05, 0.1) is 18.8 Å². The maximum atomic E-state index is 14.0.